The topological polar surface area (TPSA) is 12.0 Å². The Balaban J connectivity index is 2.14. The highest BCUT2D eigenvalue weighted by Crippen LogP contribution is 2.19. The van der Waals surface area contributed by atoms with Crippen molar-refractivity contribution in [2.45, 2.75) is 52.5 Å². The van der Waals surface area contributed by atoms with Gasteiger partial charge in [0.05, 0.1) is 0 Å². The van der Waals surface area contributed by atoms with Crippen LogP contribution in [0, 0.1) is 11.8 Å². The standard InChI is InChI=1S/C11H23N/c1-9(2)4-5-11-8-10(3)6-7-12-11/h9-12H,4-8H2,1-3H3. The third-order valence-corrected chi connectivity index (χ3v) is 2.85. The van der Waals surface area contributed by atoms with E-state index in [9.17, 15) is 0 Å². The number of hydrogen-bond acceptors (Lipinski definition) is 1. The summed E-state index contributed by atoms with van der Waals surface area (Å²) in [4.78, 5) is 0. The van der Waals surface area contributed by atoms with Gasteiger partial charge in [-0.05, 0) is 44.1 Å². The molecular formula is C11H23N. The fourth-order valence-corrected chi connectivity index (χ4v) is 1.98. The van der Waals surface area contributed by atoms with E-state index >= 15 is 0 Å². The van der Waals surface area contributed by atoms with Gasteiger partial charge in [0.15, 0.2) is 0 Å². The molecular weight excluding hydrogens is 146 g/mol. The molecule has 0 saturated carbocycles. The molecule has 0 radical (unpaired) electrons. The Morgan fingerprint density at radius 3 is 2.75 bits per heavy atom. The van der Waals surface area contributed by atoms with Crippen molar-refractivity contribution < 1.29 is 0 Å². The predicted octanol–water partition coefficient (Wildman–Crippen LogP) is 2.81. The van der Waals surface area contributed by atoms with Gasteiger partial charge in [-0.3, -0.25) is 0 Å². The quantitative estimate of drug-likeness (QED) is 0.685. The van der Waals surface area contributed by atoms with Crippen LogP contribution >= 0.6 is 0 Å². The third-order valence-electron chi connectivity index (χ3n) is 2.85. The third kappa shape index (κ3) is 3.57. The SMILES string of the molecule is CC(C)CCC1CC(C)CCN1. The van der Waals surface area contributed by atoms with E-state index in [0.29, 0.717) is 0 Å². The van der Waals surface area contributed by atoms with Crippen LogP contribution in [-0.4, -0.2) is 12.6 Å². The summed E-state index contributed by atoms with van der Waals surface area (Å²) in [7, 11) is 0. The first-order valence-corrected chi connectivity index (χ1v) is 5.42. The molecule has 1 rings (SSSR count). The first-order valence-electron chi connectivity index (χ1n) is 5.42. The predicted molar refractivity (Wildman–Crippen MR) is 54.3 cm³/mol. The second-order valence-corrected chi connectivity index (χ2v) is 4.75. The van der Waals surface area contributed by atoms with E-state index in [-0.39, 0.29) is 0 Å². The van der Waals surface area contributed by atoms with Crippen LogP contribution in [0.5, 0.6) is 0 Å². The zero-order valence-electron chi connectivity index (χ0n) is 8.77. The monoisotopic (exact) mass is 169 g/mol. The fraction of sp³-hybridized carbons (Fsp3) is 1.00. The Morgan fingerprint density at radius 1 is 1.42 bits per heavy atom. The number of rotatable bonds is 3. The Kier molecular flexibility index (Phi) is 4.07. The van der Waals surface area contributed by atoms with Gasteiger partial charge in [0.25, 0.3) is 0 Å². The summed E-state index contributed by atoms with van der Waals surface area (Å²) in [6.07, 6.45) is 5.53. The van der Waals surface area contributed by atoms with E-state index in [1.807, 2.05) is 0 Å². The van der Waals surface area contributed by atoms with Crippen molar-refractivity contribution in [3.8, 4) is 0 Å². The van der Waals surface area contributed by atoms with Crippen molar-refractivity contribution in [1.29, 1.82) is 0 Å². The summed E-state index contributed by atoms with van der Waals surface area (Å²) in [5, 5.41) is 3.60. The maximum atomic E-state index is 3.60. The molecule has 72 valence electrons. The van der Waals surface area contributed by atoms with Gasteiger partial charge in [-0.25, -0.2) is 0 Å². The molecule has 1 nitrogen and oxygen atoms in total. The van der Waals surface area contributed by atoms with E-state index in [2.05, 4.69) is 26.1 Å². The minimum absolute atomic E-state index is 0.816. The molecule has 0 aromatic carbocycles. The van der Waals surface area contributed by atoms with Crippen LogP contribution in [0.4, 0.5) is 0 Å². The highest BCUT2D eigenvalue weighted by atomic mass is 14.9. The van der Waals surface area contributed by atoms with Gasteiger partial charge in [0.1, 0.15) is 0 Å². The van der Waals surface area contributed by atoms with Crippen LogP contribution in [-0.2, 0) is 0 Å². The second-order valence-electron chi connectivity index (χ2n) is 4.75. The van der Waals surface area contributed by atoms with Crippen molar-refractivity contribution in [2.75, 3.05) is 6.54 Å². The molecule has 0 aliphatic carbocycles. The molecule has 1 aliphatic rings. The number of hydrogen-bond donors (Lipinski definition) is 1. The summed E-state index contributed by atoms with van der Waals surface area (Å²) in [6.45, 7) is 8.24. The summed E-state index contributed by atoms with van der Waals surface area (Å²) in [6, 6.07) is 0.816. The largest absolute Gasteiger partial charge is 0.314 e. The Bertz CT molecular complexity index is 120. The Labute approximate surface area is 76.9 Å². The smallest absolute Gasteiger partial charge is 0.00697 e. The van der Waals surface area contributed by atoms with Crippen molar-refractivity contribution in [2.24, 2.45) is 11.8 Å². The molecule has 0 aromatic heterocycles. The zero-order valence-corrected chi connectivity index (χ0v) is 8.77. The van der Waals surface area contributed by atoms with Crippen LogP contribution in [0.3, 0.4) is 0 Å². The lowest BCUT2D eigenvalue weighted by molar-refractivity contribution is 0.295. The van der Waals surface area contributed by atoms with Gasteiger partial charge in [0, 0.05) is 6.04 Å². The summed E-state index contributed by atoms with van der Waals surface area (Å²) >= 11 is 0. The van der Waals surface area contributed by atoms with Gasteiger partial charge in [-0.15, -0.1) is 0 Å². The molecule has 1 fully saturated rings. The van der Waals surface area contributed by atoms with Gasteiger partial charge in [0.2, 0.25) is 0 Å². The zero-order chi connectivity index (χ0) is 8.97. The van der Waals surface area contributed by atoms with Gasteiger partial charge in [-0.1, -0.05) is 20.8 Å². The molecule has 0 bridgehead atoms. The van der Waals surface area contributed by atoms with Gasteiger partial charge >= 0.3 is 0 Å². The summed E-state index contributed by atoms with van der Waals surface area (Å²) in [5.74, 6) is 1.81. The highest BCUT2D eigenvalue weighted by molar-refractivity contribution is 4.76. The molecule has 1 saturated heterocycles. The normalized spacial score (nSPS) is 31.0. The lowest BCUT2D eigenvalue weighted by atomic mass is 9.90. The molecule has 0 amide bonds. The van der Waals surface area contributed by atoms with Crippen LogP contribution in [0.2, 0.25) is 0 Å². The van der Waals surface area contributed by atoms with Crippen LogP contribution in [0.1, 0.15) is 46.5 Å². The number of piperidine rings is 1. The second kappa shape index (κ2) is 4.86. The van der Waals surface area contributed by atoms with E-state index in [4.69, 9.17) is 0 Å². The van der Waals surface area contributed by atoms with E-state index in [0.717, 1.165) is 17.9 Å². The van der Waals surface area contributed by atoms with Crippen molar-refractivity contribution in [3.05, 3.63) is 0 Å². The Morgan fingerprint density at radius 2 is 2.17 bits per heavy atom. The maximum Gasteiger partial charge on any atom is 0.00697 e. The van der Waals surface area contributed by atoms with E-state index in [1.165, 1.54) is 32.2 Å². The van der Waals surface area contributed by atoms with Crippen LogP contribution in [0.25, 0.3) is 0 Å². The fourth-order valence-electron chi connectivity index (χ4n) is 1.98. The average Bonchev–Trinajstić information content (AvgIpc) is 2.01. The summed E-state index contributed by atoms with van der Waals surface area (Å²) < 4.78 is 0. The van der Waals surface area contributed by atoms with Crippen molar-refractivity contribution in [3.63, 3.8) is 0 Å². The molecule has 1 heterocycles. The molecule has 1 N–H and O–H groups in total. The molecule has 2 atom stereocenters. The molecule has 12 heavy (non-hydrogen) atoms. The van der Waals surface area contributed by atoms with Crippen LogP contribution < -0.4 is 5.32 Å². The van der Waals surface area contributed by atoms with Gasteiger partial charge < -0.3 is 5.32 Å². The molecule has 1 aliphatic heterocycles. The first kappa shape index (κ1) is 10.0. The Hall–Kier alpha value is -0.0400. The first-order chi connectivity index (χ1) is 5.68. The minimum atomic E-state index is 0.816. The van der Waals surface area contributed by atoms with Crippen molar-refractivity contribution in [1.82, 2.24) is 5.32 Å². The van der Waals surface area contributed by atoms with Gasteiger partial charge in [-0.2, -0.15) is 0 Å². The molecule has 1 heteroatoms. The van der Waals surface area contributed by atoms with E-state index < -0.39 is 0 Å². The molecule has 2 unspecified atom stereocenters. The summed E-state index contributed by atoms with van der Waals surface area (Å²) in [5.41, 5.74) is 0. The van der Waals surface area contributed by atoms with E-state index in [1.54, 1.807) is 0 Å². The average molecular weight is 169 g/mol. The maximum absolute atomic E-state index is 3.60. The van der Waals surface area contributed by atoms with Crippen molar-refractivity contribution >= 4 is 0 Å². The minimum Gasteiger partial charge on any atom is -0.314 e. The lowest BCUT2D eigenvalue weighted by Crippen LogP contribution is -2.37. The molecule has 0 aromatic rings. The highest BCUT2D eigenvalue weighted by Gasteiger charge is 2.17. The molecule has 0 spiro atoms. The lowest BCUT2D eigenvalue weighted by Gasteiger charge is -2.28. The number of nitrogens with one attached hydrogen (secondary N) is 1. The van der Waals surface area contributed by atoms with Crippen LogP contribution in [0.15, 0.2) is 0 Å².